The highest BCUT2D eigenvalue weighted by molar-refractivity contribution is 6.42. The van der Waals surface area contributed by atoms with Crippen LogP contribution in [0.3, 0.4) is 0 Å². The van der Waals surface area contributed by atoms with E-state index < -0.39 is 0 Å². The molecule has 3 heteroatoms. The van der Waals surface area contributed by atoms with Crippen LogP contribution in [0.5, 0.6) is 0 Å². The third-order valence-electron chi connectivity index (χ3n) is 3.69. The third-order valence-corrected chi connectivity index (χ3v) is 4.43. The Labute approximate surface area is 134 Å². The van der Waals surface area contributed by atoms with Crippen molar-refractivity contribution >= 4 is 34.0 Å². The maximum atomic E-state index is 6.34. The molecule has 0 amide bonds. The van der Waals surface area contributed by atoms with Crippen LogP contribution in [0.1, 0.15) is 17.2 Å². The van der Waals surface area contributed by atoms with Crippen molar-refractivity contribution in [2.24, 2.45) is 5.73 Å². The van der Waals surface area contributed by atoms with E-state index in [1.54, 1.807) is 6.07 Å². The molecule has 1 nitrogen and oxygen atoms in total. The second kappa shape index (κ2) is 6.07. The molecule has 0 aliphatic rings. The zero-order valence-electron chi connectivity index (χ0n) is 11.4. The predicted molar refractivity (Wildman–Crippen MR) is 91.0 cm³/mol. The Bertz CT molecular complexity index is 778. The first-order valence-electron chi connectivity index (χ1n) is 6.82. The monoisotopic (exact) mass is 315 g/mol. The van der Waals surface area contributed by atoms with Crippen molar-refractivity contribution in [3.05, 3.63) is 81.8 Å². The van der Waals surface area contributed by atoms with Crippen LogP contribution in [0.25, 0.3) is 10.8 Å². The molecule has 0 saturated carbocycles. The van der Waals surface area contributed by atoms with Crippen molar-refractivity contribution in [1.82, 2.24) is 0 Å². The zero-order chi connectivity index (χ0) is 14.8. The summed E-state index contributed by atoms with van der Waals surface area (Å²) in [4.78, 5) is 0. The molecule has 106 valence electrons. The van der Waals surface area contributed by atoms with Crippen LogP contribution < -0.4 is 5.73 Å². The molecule has 0 radical (unpaired) electrons. The molecule has 0 fully saturated rings. The van der Waals surface area contributed by atoms with E-state index in [0.29, 0.717) is 10.0 Å². The molecule has 0 aliphatic carbocycles. The van der Waals surface area contributed by atoms with Gasteiger partial charge in [-0.15, -0.1) is 0 Å². The Kier molecular flexibility index (Phi) is 4.16. The summed E-state index contributed by atoms with van der Waals surface area (Å²) in [6.07, 6.45) is 0.763. The fourth-order valence-corrected chi connectivity index (χ4v) is 2.87. The summed E-state index contributed by atoms with van der Waals surface area (Å²) < 4.78 is 0. The minimum absolute atomic E-state index is 0.106. The highest BCUT2D eigenvalue weighted by Gasteiger charge is 2.11. The van der Waals surface area contributed by atoms with Crippen molar-refractivity contribution < 1.29 is 0 Å². The third kappa shape index (κ3) is 3.06. The summed E-state index contributed by atoms with van der Waals surface area (Å²) in [6, 6.07) is 20.1. The van der Waals surface area contributed by atoms with Gasteiger partial charge in [-0.3, -0.25) is 0 Å². The lowest BCUT2D eigenvalue weighted by Crippen LogP contribution is -2.13. The van der Waals surface area contributed by atoms with Gasteiger partial charge < -0.3 is 5.73 Å². The van der Waals surface area contributed by atoms with Crippen LogP contribution in [0, 0.1) is 0 Å². The standard InChI is InChI=1S/C18H15Cl2N/c19-16-9-8-14(10-17(16)20)18(21)11-13-6-3-5-12-4-1-2-7-15(12)13/h1-10,18H,11,21H2. The largest absolute Gasteiger partial charge is 0.324 e. The maximum Gasteiger partial charge on any atom is 0.0595 e. The fraction of sp³-hybridized carbons (Fsp3) is 0.111. The summed E-state index contributed by atoms with van der Waals surface area (Å²) in [5.74, 6) is 0. The second-order valence-corrected chi connectivity index (χ2v) is 5.94. The average molecular weight is 316 g/mol. The van der Waals surface area contributed by atoms with Gasteiger partial charge in [-0.05, 0) is 40.5 Å². The average Bonchev–Trinajstić information content (AvgIpc) is 2.50. The number of halogens is 2. The normalized spacial score (nSPS) is 12.5. The summed E-state index contributed by atoms with van der Waals surface area (Å²) in [5.41, 5.74) is 8.58. The summed E-state index contributed by atoms with van der Waals surface area (Å²) in [7, 11) is 0. The van der Waals surface area contributed by atoms with Crippen LogP contribution in [0.15, 0.2) is 60.7 Å². The van der Waals surface area contributed by atoms with Crippen molar-refractivity contribution in [3.8, 4) is 0 Å². The molecule has 2 N–H and O–H groups in total. The Morgan fingerprint density at radius 2 is 1.62 bits per heavy atom. The smallest absolute Gasteiger partial charge is 0.0595 e. The number of fused-ring (bicyclic) bond motifs is 1. The van der Waals surface area contributed by atoms with Gasteiger partial charge >= 0.3 is 0 Å². The molecular formula is C18H15Cl2N. The van der Waals surface area contributed by atoms with Crippen LogP contribution in [0.4, 0.5) is 0 Å². The first-order chi connectivity index (χ1) is 10.1. The van der Waals surface area contributed by atoms with Gasteiger partial charge in [0.25, 0.3) is 0 Å². The van der Waals surface area contributed by atoms with Gasteiger partial charge in [0.2, 0.25) is 0 Å². The van der Waals surface area contributed by atoms with Gasteiger partial charge in [0.1, 0.15) is 0 Å². The van der Waals surface area contributed by atoms with Crippen LogP contribution in [-0.2, 0) is 6.42 Å². The predicted octanol–water partition coefficient (Wildman–Crippen LogP) is 5.39. The van der Waals surface area contributed by atoms with Crippen molar-refractivity contribution in [1.29, 1.82) is 0 Å². The van der Waals surface area contributed by atoms with Crippen molar-refractivity contribution in [2.45, 2.75) is 12.5 Å². The van der Waals surface area contributed by atoms with E-state index in [1.807, 2.05) is 18.2 Å². The highest BCUT2D eigenvalue weighted by Crippen LogP contribution is 2.28. The molecule has 21 heavy (non-hydrogen) atoms. The number of hydrogen-bond donors (Lipinski definition) is 1. The lowest BCUT2D eigenvalue weighted by atomic mass is 9.95. The minimum Gasteiger partial charge on any atom is -0.324 e. The number of nitrogens with two attached hydrogens (primary N) is 1. The van der Waals surface area contributed by atoms with Gasteiger partial charge in [0, 0.05) is 6.04 Å². The molecule has 0 aliphatic heterocycles. The summed E-state index contributed by atoms with van der Waals surface area (Å²) in [5, 5.41) is 3.58. The van der Waals surface area contributed by atoms with Gasteiger partial charge in [0.05, 0.1) is 10.0 Å². The molecule has 0 saturated heterocycles. The van der Waals surface area contributed by atoms with E-state index in [4.69, 9.17) is 28.9 Å². The number of rotatable bonds is 3. The molecular weight excluding hydrogens is 301 g/mol. The SMILES string of the molecule is NC(Cc1cccc2ccccc12)c1ccc(Cl)c(Cl)c1. The van der Waals surface area contributed by atoms with E-state index in [1.165, 1.54) is 16.3 Å². The van der Waals surface area contributed by atoms with Gasteiger partial charge in [-0.1, -0.05) is 71.7 Å². The zero-order valence-corrected chi connectivity index (χ0v) is 12.9. The molecule has 3 rings (SSSR count). The lowest BCUT2D eigenvalue weighted by molar-refractivity contribution is 0.725. The number of hydrogen-bond acceptors (Lipinski definition) is 1. The van der Waals surface area contributed by atoms with E-state index >= 15 is 0 Å². The lowest BCUT2D eigenvalue weighted by Gasteiger charge is -2.14. The molecule has 1 atom stereocenters. The first kappa shape index (κ1) is 14.4. The van der Waals surface area contributed by atoms with Crippen LogP contribution >= 0.6 is 23.2 Å². The van der Waals surface area contributed by atoms with Crippen LogP contribution in [-0.4, -0.2) is 0 Å². The quantitative estimate of drug-likeness (QED) is 0.689. The Morgan fingerprint density at radius 1 is 0.857 bits per heavy atom. The van der Waals surface area contributed by atoms with E-state index in [2.05, 4.69) is 36.4 Å². The first-order valence-corrected chi connectivity index (χ1v) is 7.58. The van der Waals surface area contributed by atoms with Gasteiger partial charge in [-0.25, -0.2) is 0 Å². The summed E-state index contributed by atoms with van der Waals surface area (Å²) >= 11 is 12.0. The van der Waals surface area contributed by atoms with Crippen LogP contribution in [0.2, 0.25) is 10.0 Å². The second-order valence-electron chi connectivity index (χ2n) is 5.12. The van der Waals surface area contributed by atoms with E-state index in [0.717, 1.165) is 12.0 Å². The van der Waals surface area contributed by atoms with Gasteiger partial charge in [-0.2, -0.15) is 0 Å². The fourth-order valence-electron chi connectivity index (χ4n) is 2.57. The van der Waals surface area contributed by atoms with Crippen molar-refractivity contribution in [3.63, 3.8) is 0 Å². The summed E-state index contributed by atoms with van der Waals surface area (Å²) in [6.45, 7) is 0. The topological polar surface area (TPSA) is 26.0 Å². The molecule has 0 aromatic heterocycles. The van der Waals surface area contributed by atoms with E-state index in [9.17, 15) is 0 Å². The Hall–Kier alpha value is -1.54. The Morgan fingerprint density at radius 3 is 2.43 bits per heavy atom. The maximum absolute atomic E-state index is 6.34. The van der Waals surface area contributed by atoms with Crippen molar-refractivity contribution in [2.75, 3.05) is 0 Å². The van der Waals surface area contributed by atoms with Gasteiger partial charge in [0.15, 0.2) is 0 Å². The van der Waals surface area contributed by atoms with E-state index in [-0.39, 0.29) is 6.04 Å². The molecule has 0 spiro atoms. The molecule has 0 bridgehead atoms. The molecule has 0 heterocycles. The number of benzene rings is 3. The molecule has 1 unspecified atom stereocenters. The molecule has 3 aromatic rings. The minimum atomic E-state index is -0.106. The molecule has 3 aromatic carbocycles. The Balaban J connectivity index is 1.92. The highest BCUT2D eigenvalue weighted by atomic mass is 35.5.